The van der Waals surface area contributed by atoms with Crippen LogP contribution in [-0.4, -0.2) is 52.1 Å². The molecule has 1 fully saturated rings. The Kier molecular flexibility index (Phi) is 6.38. The van der Waals surface area contributed by atoms with Crippen molar-refractivity contribution in [2.75, 3.05) is 31.1 Å². The summed E-state index contributed by atoms with van der Waals surface area (Å²) in [5.74, 6) is 0.911. The zero-order chi connectivity index (χ0) is 21.5. The number of nitrogens with zero attached hydrogens (tertiary/aromatic N) is 4. The minimum Gasteiger partial charge on any atom is -0.508 e. The number of hydrogen-bond donors (Lipinski definition) is 1. The third-order valence-corrected chi connectivity index (χ3v) is 5.14. The fourth-order valence-corrected chi connectivity index (χ4v) is 3.53. The minimum atomic E-state index is 0.000360. The van der Waals surface area contributed by atoms with Gasteiger partial charge >= 0.3 is 0 Å². The Balaban J connectivity index is 1.51. The van der Waals surface area contributed by atoms with E-state index in [-0.39, 0.29) is 11.7 Å². The number of phenols is 1. The van der Waals surface area contributed by atoms with Crippen LogP contribution in [0.4, 0.5) is 5.95 Å². The van der Waals surface area contributed by atoms with Gasteiger partial charge < -0.3 is 14.9 Å². The number of phenolic OH excluding ortho intramolecular Hbond substituents is 1. The summed E-state index contributed by atoms with van der Waals surface area (Å²) in [5.41, 5.74) is 2.39. The lowest BCUT2D eigenvalue weighted by molar-refractivity contribution is -0.125. The summed E-state index contributed by atoms with van der Waals surface area (Å²) in [4.78, 5) is 25.9. The third-order valence-electron chi connectivity index (χ3n) is 5.14. The van der Waals surface area contributed by atoms with Gasteiger partial charge in [0.25, 0.3) is 5.91 Å². The molecule has 1 amide bonds. The van der Waals surface area contributed by atoms with E-state index in [1.54, 1.807) is 36.7 Å². The number of anilines is 1. The molecule has 156 valence electrons. The monoisotopic (exact) mass is 412 g/mol. The highest BCUT2D eigenvalue weighted by Crippen LogP contribution is 2.20. The van der Waals surface area contributed by atoms with E-state index in [0.29, 0.717) is 37.7 Å². The second-order valence-corrected chi connectivity index (χ2v) is 7.23. The molecule has 1 aromatic heterocycles. The molecule has 1 saturated heterocycles. The summed E-state index contributed by atoms with van der Waals surface area (Å²) in [7, 11) is 0. The van der Waals surface area contributed by atoms with Gasteiger partial charge in [0.05, 0.1) is 0 Å². The summed E-state index contributed by atoms with van der Waals surface area (Å²) in [6.07, 6.45) is 9.03. The lowest BCUT2D eigenvalue weighted by atomic mass is 10.0. The molecule has 0 saturated carbocycles. The van der Waals surface area contributed by atoms with E-state index < -0.39 is 0 Å². The number of amides is 1. The number of benzene rings is 2. The highest BCUT2D eigenvalue weighted by atomic mass is 16.3. The molecule has 0 bridgehead atoms. The van der Waals surface area contributed by atoms with Crippen molar-refractivity contribution >= 4 is 23.5 Å². The zero-order valence-corrected chi connectivity index (χ0v) is 17.1. The van der Waals surface area contributed by atoms with Gasteiger partial charge in [-0.15, -0.1) is 0 Å². The van der Waals surface area contributed by atoms with Crippen molar-refractivity contribution in [2.24, 2.45) is 0 Å². The molecule has 4 rings (SSSR count). The number of aromatic hydroxyl groups is 1. The van der Waals surface area contributed by atoms with Gasteiger partial charge in [-0.2, -0.15) is 0 Å². The number of piperazine rings is 1. The summed E-state index contributed by atoms with van der Waals surface area (Å²) >= 11 is 0. The molecule has 0 atom stereocenters. The maximum atomic E-state index is 13.4. The second kappa shape index (κ2) is 9.71. The van der Waals surface area contributed by atoms with Crippen LogP contribution >= 0.6 is 0 Å². The van der Waals surface area contributed by atoms with Gasteiger partial charge in [0.15, 0.2) is 0 Å². The number of carbonyl (C=O) groups excluding carboxylic acids is 1. The first-order valence-corrected chi connectivity index (χ1v) is 10.2. The molecule has 0 unspecified atom stereocenters. The highest BCUT2D eigenvalue weighted by Gasteiger charge is 2.25. The average molecular weight is 412 g/mol. The van der Waals surface area contributed by atoms with E-state index in [1.165, 1.54) is 0 Å². The number of carbonyl (C=O) groups is 1. The molecule has 2 aromatic carbocycles. The molecule has 0 spiro atoms. The number of allylic oxidation sites excluding steroid dienone is 2. The van der Waals surface area contributed by atoms with E-state index >= 15 is 0 Å². The lowest BCUT2D eigenvalue weighted by Crippen LogP contribution is -2.49. The van der Waals surface area contributed by atoms with Crippen molar-refractivity contribution < 1.29 is 9.90 Å². The molecule has 0 aliphatic carbocycles. The highest BCUT2D eigenvalue weighted by molar-refractivity contribution is 6.19. The standard InChI is InChI=1S/C25H24N4O2/c30-22-11-4-7-20(19-22)8-5-12-23(21-9-2-1-3-10-21)24(31)28-15-17-29(18-16-28)25-26-13-6-14-27-25/h1-14,19,30H,15-18H2/b8-5+,23-12+. The summed E-state index contributed by atoms with van der Waals surface area (Å²) in [6.45, 7) is 2.60. The Morgan fingerprint density at radius 1 is 0.903 bits per heavy atom. The molecule has 2 heterocycles. The fourth-order valence-electron chi connectivity index (χ4n) is 3.53. The van der Waals surface area contributed by atoms with Crippen LogP contribution in [0.2, 0.25) is 0 Å². The normalized spacial score (nSPS) is 14.8. The largest absolute Gasteiger partial charge is 0.508 e. The Morgan fingerprint density at radius 2 is 1.65 bits per heavy atom. The van der Waals surface area contributed by atoms with Crippen molar-refractivity contribution in [1.29, 1.82) is 0 Å². The predicted molar refractivity (Wildman–Crippen MR) is 122 cm³/mol. The smallest absolute Gasteiger partial charge is 0.254 e. The van der Waals surface area contributed by atoms with E-state index in [0.717, 1.165) is 11.1 Å². The number of aromatic nitrogens is 2. The average Bonchev–Trinajstić information content (AvgIpc) is 2.83. The SMILES string of the molecule is O=C(/C(=C/C=C/c1cccc(O)c1)c1ccccc1)N1CCN(c2ncccn2)CC1. The summed E-state index contributed by atoms with van der Waals surface area (Å²) in [5, 5.41) is 9.64. The Labute approximate surface area is 181 Å². The molecule has 3 aromatic rings. The van der Waals surface area contributed by atoms with Crippen LogP contribution in [0.3, 0.4) is 0 Å². The third kappa shape index (κ3) is 5.17. The van der Waals surface area contributed by atoms with Crippen LogP contribution in [0.25, 0.3) is 11.6 Å². The first kappa shape index (κ1) is 20.3. The van der Waals surface area contributed by atoms with Crippen molar-refractivity contribution in [2.45, 2.75) is 0 Å². The predicted octanol–water partition coefficient (Wildman–Crippen LogP) is 3.63. The van der Waals surface area contributed by atoms with Crippen molar-refractivity contribution in [1.82, 2.24) is 14.9 Å². The van der Waals surface area contributed by atoms with Crippen LogP contribution in [-0.2, 0) is 4.79 Å². The fraction of sp³-hybridized carbons (Fsp3) is 0.160. The van der Waals surface area contributed by atoms with Crippen LogP contribution < -0.4 is 4.90 Å². The molecule has 0 radical (unpaired) electrons. The van der Waals surface area contributed by atoms with E-state index in [1.807, 2.05) is 59.5 Å². The van der Waals surface area contributed by atoms with Gasteiger partial charge in [0.2, 0.25) is 5.95 Å². The molecular weight excluding hydrogens is 388 g/mol. The Bertz CT molecular complexity index is 1070. The van der Waals surface area contributed by atoms with Gasteiger partial charge in [0, 0.05) is 44.1 Å². The summed E-state index contributed by atoms with van der Waals surface area (Å²) < 4.78 is 0. The minimum absolute atomic E-state index is 0.000360. The molecule has 1 aliphatic rings. The van der Waals surface area contributed by atoms with Gasteiger partial charge in [-0.1, -0.05) is 54.6 Å². The van der Waals surface area contributed by atoms with Crippen molar-refractivity contribution in [3.63, 3.8) is 0 Å². The first-order valence-electron chi connectivity index (χ1n) is 10.2. The second-order valence-electron chi connectivity index (χ2n) is 7.23. The van der Waals surface area contributed by atoms with E-state index in [4.69, 9.17) is 0 Å². The summed E-state index contributed by atoms with van der Waals surface area (Å²) in [6, 6.07) is 18.5. The van der Waals surface area contributed by atoms with E-state index in [2.05, 4.69) is 14.9 Å². The van der Waals surface area contributed by atoms with Crippen LogP contribution in [0, 0.1) is 0 Å². The van der Waals surface area contributed by atoms with Gasteiger partial charge in [-0.3, -0.25) is 4.79 Å². The molecular formula is C25H24N4O2. The lowest BCUT2D eigenvalue weighted by Gasteiger charge is -2.35. The molecule has 6 nitrogen and oxygen atoms in total. The topological polar surface area (TPSA) is 69.6 Å². The molecule has 6 heteroatoms. The maximum Gasteiger partial charge on any atom is 0.254 e. The molecule has 31 heavy (non-hydrogen) atoms. The first-order chi connectivity index (χ1) is 15.2. The molecule has 1 N–H and O–H groups in total. The number of hydrogen-bond acceptors (Lipinski definition) is 5. The van der Waals surface area contributed by atoms with Crippen LogP contribution in [0.5, 0.6) is 5.75 Å². The maximum absolute atomic E-state index is 13.4. The van der Waals surface area contributed by atoms with Gasteiger partial charge in [-0.25, -0.2) is 9.97 Å². The Morgan fingerprint density at radius 3 is 2.35 bits per heavy atom. The van der Waals surface area contributed by atoms with Gasteiger partial charge in [0.1, 0.15) is 5.75 Å². The van der Waals surface area contributed by atoms with Crippen molar-refractivity contribution in [3.8, 4) is 5.75 Å². The Hall–Kier alpha value is -3.93. The van der Waals surface area contributed by atoms with Crippen molar-refractivity contribution in [3.05, 3.63) is 96.3 Å². The quantitative estimate of drug-likeness (QED) is 0.512. The molecule has 1 aliphatic heterocycles. The van der Waals surface area contributed by atoms with Crippen LogP contribution in [0.15, 0.2) is 85.2 Å². The zero-order valence-electron chi connectivity index (χ0n) is 17.1. The number of rotatable bonds is 5. The van der Waals surface area contributed by atoms with E-state index in [9.17, 15) is 9.90 Å². The van der Waals surface area contributed by atoms with Gasteiger partial charge in [-0.05, 0) is 35.4 Å². The van der Waals surface area contributed by atoms with Crippen LogP contribution in [0.1, 0.15) is 11.1 Å².